The van der Waals surface area contributed by atoms with E-state index in [0.29, 0.717) is 5.92 Å². The number of halogens is 1. The molecule has 1 aromatic heterocycles. The zero-order chi connectivity index (χ0) is 12.8. The Kier molecular flexibility index (Phi) is 5.61. The Bertz CT molecular complexity index is 371. The van der Waals surface area contributed by atoms with Crippen molar-refractivity contribution in [3.8, 4) is 0 Å². The van der Waals surface area contributed by atoms with Gasteiger partial charge in [-0.15, -0.1) is 0 Å². The van der Waals surface area contributed by atoms with Gasteiger partial charge in [-0.1, -0.05) is 55.0 Å². The third-order valence-electron chi connectivity index (χ3n) is 3.82. The summed E-state index contributed by atoms with van der Waals surface area (Å²) in [7, 11) is 0. The lowest BCUT2D eigenvalue weighted by atomic mass is 9.99. The molecule has 0 amide bonds. The van der Waals surface area contributed by atoms with Crippen LogP contribution in [0.2, 0.25) is 0 Å². The minimum Gasteiger partial charge on any atom is -0.241 e. The quantitative estimate of drug-likeness (QED) is 0.592. The molecule has 0 saturated heterocycles. The summed E-state index contributed by atoms with van der Waals surface area (Å²) in [5, 5.41) is 0.868. The van der Waals surface area contributed by atoms with Crippen molar-refractivity contribution < 1.29 is 0 Å². The number of nitrogens with zero attached hydrogens (tertiary/aromatic N) is 2. The molecule has 1 heterocycles. The fraction of sp³-hybridized carbons (Fsp3) is 0.733. The molecule has 1 aromatic rings. The van der Waals surface area contributed by atoms with Crippen molar-refractivity contribution in [1.82, 2.24) is 9.97 Å². The molecule has 2 rings (SSSR count). The van der Waals surface area contributed by atoms with Crippen LogP contribution in [0.4, 0.5) is 0 Å². The minimum absolute atomic E-state index is 0.604. The molecule has 2 nitrogen and oxygen atoms in total. The highest BCUT2D eigenvalue weighted by Crippen LogP contribution is 2.30. The Morgan fingerprint density at radius 1 is 1.22 bits per heavy atom. The van der Waals surface area contributed by atoms with E-state index >= 15 is 0 Å². The normalized spacial score (nSPS) is 17.7. The first kappa shape index (κ1) is 14.0. The predicted molar refractivity (Wildman–Crippen MR) is 79.1 cm³/mol. The molecule has 3 heteroatoms. The van der Waals surface area contributed by atoms with Crippen LogP contribution < -0.4 is 0 Å². The highest BCUT2D eigenvalue weighted by molar-refractivity contribution is 9.08. The standard InChI is InChI=1S/C15H23BrN2/c1-2-7-14-13(10-16)11-17-15(18-14)12-8-5-3-4-6-9-12/h11-12H,2-10H2,1H3. The van der Waals surface area contributed by atoms with Crippen LogP contribution in [0.5, 0.6) is 0 Å². The van der Waals surface area contributed by atoms with Crippen molar-refractivity contribution in [3.05, 3.63) is 23.3 Å². The summed E-state index contributed by atoms with van der Waals surface area (Å²) in [6.07, 6.45) is 12.3. The van der Waals surface area contributed by atoms with E-state index < -0.39 is 0 Å². The molecule has 0 N–H and O–H groups in total. The average molecular weight is 311 g/mol. The van der Waals surface area contributed by atoms with Crippen LogP contribution in [-0.2, 0) is 11.8 Å². The summed E-state index contributed by atoms with van der Waals surface area (Å²) >= 11 is 3.53. The fourth-order valence-electron chi connectivity index (χ4n) is 2.76. The summed E-state index contributed by atoms with van der Waals surface area (Å²) in [5.74, 6) is 1.71. The first-order valence-corrected chi connectivity index (χ1v) is 8.38. The Labute approximate surface area is 119 Å². The van der Waals surface area contributed by atoms with Crippen LogP contribution in [-0.4, -0.2) is 9.97 Å². The molecule has 1 fully saturated rings. The summed E-state index contributed by atoms with van der Waals surface area (Å²) in [6, 6.07) is 0. The largest absolute Gasteiger partial charge is 0.241 e. The molecule has 0 aliphatic heterocycles. The molecule has 0 spiro atoms. The van der Waals surface area contributed by atoms with Crippen molar-refractivity contribution in [2.24, 2.45) is 0 Å². The molecule has 0 unspecified atom stereocenters. The van der Waals surface area contributed by atoms with Crippen molar-refractivity contribution in [1.29, 1.82) is 0 Å². The zero-order valence-electron chi connectivity index (χ0n) is 11.3. The van der Waals surface area contributed by atoms with Gasteiger partial charge >= 0.3 is 0 Å². The van der Waals surface area contributed by atoms with Gasteiger partial charge in [-0.2, -0.15) is 0 Å². The maximum Gasteiger partial charge on any atom is 0.131 e. The van der Waals surface area contributed by atoms with Gasteiger partial charge in [-0.05, 0) is 19.3 Å². The molecule has 0 aromatic carbocycles. The van der Waals surface area contributed by atoms with E-state index in [-0.39, 0.29) is 0 Å². The second kappa shape index (κ2) is 7.22. The molecule has 0 bridgehead atoms. The first-order chi connectivity index (χ1) is 8.85. The van der Waals surface area contributed by atoms with Gasteiger partial charge in [-0.3, -0.25) is 0 Å². The molecule has 1 aliphatic carbocycles. The predicted octanol–water partition coefficient (Wildman–Crippen LogP) is 4.76. The summed E-state index contributed by atoms with van der Waals surface area (Å²) < 4.78 is 0. The molecular weight excluding hydrogens is 288 g/mol. The average Bonchev–Trinajstić information content (AvgIpc) is 2.68. The first-order valence-electron chi connectivity index (χ1n) is 7.25. The number of hydrogen-bond donors (Lipinski definition) is 0. The van der Waals surface area contributed by atoms with E-state index in [1.807, 2.05) is 6.20 Å². The lowest BCUT2D eigenvalue weighted by Crippen LogP contribution is -2.08. The molecule has 1 saturated carbocycles. The molecular formula is C15H23BrN2. The van der Waals surface area contributed by atoms with Gasteiger partial charge in [-0.25, -0.2) is 9.97 Å². The Morgan fingerprint density at radius 3 is 2.56 bits per heavy atom. The third-order valence-corrected chi connectivity index (χ3v) is 4.43. The SMILES string of the molecule is CCCc1nc(C2CCCCCC2)ncc1CBr. The van der Waals surface area contributed by atoms with Gasteiger partial charge in [0.2, 0.25) is 0 Å². The monoisotopic (exact) mass is 310 g/mol. The van der Waals surface area contributed by atoms with E-state index in [1.54, 1.807) is 0 Å². The highest BCUT2D eigenvalue weighted by atomic mass is 79.9. The highest BCUT2D eigenvalue weighted by Gasteiger charge is 2.18. The molecule has 1 aliphatic rings. The lowest BCUT2D eigenvalue weighted by Gasteiger charge is -2.14. The number of aryl methyl sites for hydroxylation is 1. The van der Waals surface area contributed by atoms with Crippen LogP contribution in [0, 0.1) is 0 Å². The van der Waals surface area contributed by atoms with E-state index in [2.05, 4.69) is 27.8 Å². The number of rotatable bonds is 4. The third kappa shape index (κ3) is 3.53. The molecule has 0 radical (unpaired) electrons. The smallest absolute Gasteiger partial charge is 0.131 e. The maximum absolute atomic E-state index is 4.86. The van der Waals surface area contributed by atoms with Crippen molar-refractivity contribution in [3.63, 3.8) is 0 Å². The van der Waals surface area contributed by atoms with Crippen LogP contribution in [0.15, 0.2) is 6.20 Å². The summed E-state index contributed by atoms with van der Waals surface area (Å²) in [5.41, 5.74) is 2.51. The van der Waals surface area contributed by atoms with Crippen molar-refractivity contribution >= 4 is 15.9 Å². The Hall–Kier alpha value is -0.440. The Balaban J connectivity index is 2.18. The zero-order valence-corrected chi connectivity index (χ0v) is 12.9. The van der Waals surface area contributed by atoms with Crippen LogP contribution in [0.3, 0.4) is 0 Å². The maximum atomic E-state index is 4.86. The van der Waals surface area contributed by atoms with Crippen molar-refractivity contribution in [2.75, 3.05) is 0 Å². The number of hydrogen-bond acceptors (Lipinski definition) is 2. The van der Waals surface area contributed by atoms with Crippen LogP contribution in [0.25, 0.3) is 0 Å². The number of aromatic nitrogens is 2. The van der Waals surface area contributed by atoms with Gasteiger partial charge < -0.3 is 0 Å². The summed E-state index contributed by atoms with van der Waals surface area (Å²) in [4.78, 5) is 9.47. The second-order valence-corrected chi connectivity index (χ2v) is 5.83. The van der Waals surface area contributed by atoms with Gasteiger partial charge in [0.05, 0.1) is 0 Å². The van der Waals surface area contributed by atoms with Crippen molar-refractivity contribution in [2.45, 2.75) is 69.5 Å². The molecule has 100 valence electrons. The van der Waals surface area contributed by atoms with E-state index in [1.165, 1.54) is 49.8 Å². The van der Waals surface area contributed by atoms with Gasteiger partial charge in [0.15, 0.2) is 0 Å². The van der Waals surface area contributed by atoms with Gasteiger partial charge in [0.25, 0.3) is 0 Å². The van der Waals surface area contributed by atoms with Gasteiger partial charge in [0, 0.05) is 28.7 Å². The lowest BCUT2D eigenvalue weighted by molar-refractivity contribution is 0.556. The van der Waals surface area contributed by atoms with Crippen LogP contribution in [0.1, 0.15) is 74.9 Å². The van der Waals surface area contributed by atoms with Crippen LogP contribution >= 0.6 is 15.9 Å². The topological polar surface area (TPSA) is 25.8 Å². The minimum atomic E-state index is 0.604. The fourth-order valence-corrected chi connectivity index (χ4v) is 3.23. The molecule has 18 heavy (non-hydrogen) atoms. The summed E-state index contributed by atoms with van der Waals surface area (Å²) in [6.45, 7) is 2.21. The van der Waals surface area contributed by atoms with E-state index in [0.717, 1.165) is 24.0 Å². The van der Waals surface area contributed by atoms with E-state index in [9.17, 15) is 0 Å². The molecule has 0 atom stereocenters. The Morgan fingerprint density at radius 2 is 1.94 bits per heavy atom. The van der Waals surface area contributed by atoms with E-state index in [4.69, 9.17) is 4.98 Å². The second-order valence-electron chi connectivity index (χ2n) is 5.27. The number of alkyl halides is 1. The van der Waals surface area contributed by atoms with Gasteiger partial charge in [0.1, 0.15) is 5.82 Å².